The molecule has 1 aliphatic heterocycles. The van der Waals surface area contributed by atoms with E-state index in [9.17, 15) is 13.2 Å². The summed E-state index contributed by atoms with van der Waals surface area (Å²) >= 11 is 0. The monoisotopic (exact) mass is 474 g/mol. The van der Waals surface area contributed by atoms with Crippen LogP contribution in [-0.2, 0) is 10.0 Å². The first-order valence-corrected chi connectivity index (χ1v) is 12.0. The van der Waals surface area contributed by atoms with Gasteiger partial charge in [-0.2, -0.15) is 0 Å². The van der Waals surface area contributed by atoms with Crippen LogP contribution in [0.25, 0.3) is 5.57 Å². The molecule has 0 bridgehead atoms. The predicted molar refractivity (Wildman–Crippen MR) is 127 cm³/mol. The summed E-state index contributed by atoms with van der Waals surface area (Å²) in [5, 5.41) is 0. The molecule has 0 aromatic heterocycles. The lowest BCUT2D eigenvalue weighted by Crippen LogP contribution is -2.35. The van der Waals surface area contributed by atoms with Crippen LogP contribution in [0.3, 0.4) is 0 Å². The van der Waals surface area contributed by atoms with Gasteiger partial charge in [0.05, 0.1) is 31.8 Å². The molecule has 0 aliphatic carbocycles. The predicted octanol–water partition coefficient (Wildman–Crippen LogP) is 3.17. The molecule has 33 heavy (non-hydrogen) atoms. The third-order valence-corrected chi connectivity index (χ3v) is 7.50. The highest BCUT2D eigenvalue weighted by atomic mass is 32.2. The highest BCUT2D eigenvalue weighted by molar-refractivity contribution is 7.89. The van der Waals surface area contributed by atoms with Crippen LogP contribution >= 0.6 is 0 Å². The summed E-state index contributed by atoms with van der Waals surface area (Å²) < 4.78 is 43.6. The van der Waals surface area contributed by atoms with Crippen molar-refractivity contribution in [3.8, 4) is 17.2 Å². The molecule has 0 unspecified atom stereocenters. The van der Waals surface area contributed by atoms with E-state index in [1.807, 2.05) is 6.08 Å². The van der Waals surface area contributed by atoms with Crippen molar-refractivity contribution in [2.75, 3.05) is 41.5 Å². The van der Waals surface area contributed by atoms with E-state index in [1.54, 1.807) is 58.3 Å². The molecule has 1 N–H and O–H groups in total. The zero-order valence-corrected chi connectivity index (χ0v) is 20.6. The summed E-state index contributed by atoms with van der Waals surface area (Å²) in [6, 6.07) is 6.79. The maximum absolute atomic E-state index is 13.2. The first-order chi connectivity index (χ1) is 15.7. The maximum Gasteiger partial charge on any atom is 0.254 e. The Bertz CT molecular complexity index is 1180. The molecular formula is C24H30N2O6S. The zero-order valence-electron chi connectivity index (χ0n) is 19.8. The molecule has 0 atom stereocenters. The van der Waals surface area contributed by atoms with Crippen molar-refractivity contribution in [2.45, 2.75) is 25.2 Å². The smallest absolute Gasteiger partial charge is 0.254 e. The van der Waals surface area contributed by atoms with Crippen molar-refractivity contribution in [3.05, 3.63) is 52.6 Å². The van der Waals surface area contributed by atoms with Gasteiger partial charge in [0.25, 0.3) is 5.91 Å². The third-order valence-electron chi connectivity index (χ3n) is 5.96. The molecule has 0 saturated heterocycles. The lowest BCUT2D eigenvalue weighted by Gasteiger charge is -2.28. The fourth-order valence-corrected chi connectivity index (χ4v) is 4.99. The number of methoxy groups -OCH3 is 3. The fourth-order valence-electron chi connectivity index (χ4n) is 3.92. The van der Waals surface area contributed by atoms with Gasteiger partial charge in [0.1, 0.15) is 17.2 Å². The second kappa shape index (κ2) is 9.84. The number of aryl methyl sites for hydroxylation is 1. The summed E-state index contributed by atoms with van der Waals surface area (Å²) in [6.45, 7) is 4.40. The molecule has 1 heterocycles. The van der Waals surface area contributed by atoms with Crippen LogP contribution < -0.4 is 18.9 Å². The zero-order chi connectivity index (χ0) is 24.3. The van der Waals surface area contributed by atoms with Gasteiger partial charge in [-0.3, -0.25) is 4.79 Å². The molecule has 0 spiro atoms. The molecule has 9 heteroatoms. The Balaban J connectivity index is 1.92. The number of nitrogens with zero attached hydrogens (tertiary/aromatic N) is 1. The number of amides is 1. The number of hydrogen-bond acceptors (Lipinski definition) is 6. The minimum atomic E-state index is -3.67. The topological polar surface area (TPSA) is 94.2 Å². The van der Waals surface area contributed by atoms with Crippen molar-refractivity contribution >= 4 is 21.5 Å². The minimum Gasteiger partial charge on any atom is -0.496 e. The Morgan fingerprint density at radius 3 is 2.12 bits per heavy atom. The van der Waals surface area contributed by atoms with E-state index in [-0.39, 0.29) is 10.8 Å². The van der Waals surface area contributed by atoms with Crippen LogP contribution in [0, 0.1) is 13.8 Å². The van der Waals surface area contributed by atoms with E-state index in [0.29, 0.717) is 47.9 Å². The molecule has 178 valence electrons. The largest absolute Gasteiger partial charge is 0.496 e. The lowest BCUT2D eigenvalue weighted by molar-refractivity contribution is 0.0772. The number of benzene rings is 2. The van der Waals surface area contributed by atoms with Crippen LogP contribution in [0.4, 0.5) is 0 Å². The maximum atomic E-state index is 13.2. The summed E-state index contributed by atoms with van der Waals surface area (Å²) in [4.78, 5) is 15.0. The summed E-state index contributed by atoms with van der Waals surface area (Å²) in [6.07, 6.45) is 2.57. The van der Waals surface area contributed by atoms with Crippen LogP contribution in [0.15, 0.2) is 35.2 Å². The molecule has 2 aromatic rings. The number of nitrogens with one attached hydrogen (secondary N) is 1. The number of carbonyl (C=O) groups is 1. The molecule has 1 aliphatic rings. The van der Waals surface area contributed by atoms with Gasteiger partial charge in [-0.1, -0.05) is 6.08 Å². The van der Waals surface area contributed by atoms with Crippen molar-refractivity contribution in [1.29, 1.82) is 0 Å². The van der Waals surface area contributed by atoms with Gasteiger partial charge >= 0.3 is 0 Å². The van der Waals surface area contributed by atoms with Crippen LogP contribution in [-0.4, -0.2) is 60.7 Å². The van der Waals surface area contributed by atoms with E-state index in [0.717, 1.165) is 16.7 Å². The Hall–Kier alpha value is -3.04. The molecule has 0 fully saturated rings. The van der Waals surface area contributed by atoms with Gasteiger partial charge < -0.3 is 19.1 Å². The molecule has 0 saturated carbocycles. The normalized spacial score (nSPS) is 14.0. The second-order valence-corrected chi connectivity index (χ2v) is 9.62. The number of carbonyl (C=O) groups excluding carboxylic acids is 1. The highest BCUT2D eigenvalue weighted by Gasteiger charge is 2.26. The number of hydrogen-bond donors (Lipinski definition) is 1. The van der Waals surface area contributed by atoms with Crippen LogP contribution in [0.1, 0.15) is 33.5 Å². The first-order valence-electron chi connectivity index (χ1n) is 10.5. The second-order valence-electron chi connectivity index (χ2n) is 7.76. The molecule has 0 radical (unpaired) electrons. The Labute approximate surface area is 195 Å². The molecular weight excluding hydrogens is 444 g/mol. The minimum absolute atomic E-state index is 0.120. The number of rotatable bonds is 7. The molecule has 2 aromatic carbocycles. The average molecular weight is 475 g/mol. The van der Waals surface area contributed by atoms with E-state index in [4.69, 9.17) is 14.2 Å². The molecule has 3 rings (SSSR count). The standard InChI is InChI=1S/C24H30N2O6S/c1-15-11-18(12-22(16(15)2)33(28,29)25-3)24(27)26-9-7-17(8-10-26)23-20(31-5)13-19(30-4)14-21(23)32-6/h7,11-14,25H,8-10H2,1-6H3. The van der Waals surface area contributed by atoms with Gasteiger partial charge in [0.2, 0.25) is 10.0 Å². The quantitative estimate of drug-likeness (QED) is 0.663. The van der Waals surface area contributed by atoms with E-state index in [1.165, 1.54) is 13.1 Å². The summed E-state index contributed by atoms with van der Waals surface area (Å²) in [7, 11) is 2.45. The van der Waals surface area contributed by atoms with Crippen molar-refractivity contribution in [1.82, 2.24) is 9.62 Å². The van der Waals surface area contributed by atoms with E-state index < -0.39 is 10.0 Å². The van der Waals surface area contributed by atoms with Gasteiger partial charge in [-0.15, -0.1) is 0 Å². The summed E-state index contributed by atoms with van der Waals surface area (Å²) in [5.74, 6) is 1.68. The number of ether oxygens (including phenoxy) is 3. The van der Waals surface area contributed by atoms with E-state index in [2.05, 4.69) is 4.72 Å². The fraction of sp³-hybridized carbons (Fsp3) is 0.375. The van der Waals surface area contributed by atoms with Gasteiger partial charge in [-0.25, -0.2) is 13.1 Å². The Morgan fingerprint density at radius 2 is 1.64 bits per heavy atom. The van der Waals surface area contributed by atoms with Gasteiger partial charge in [0, 0.05) is 30.8 Å². The van der Waals surface area contributed by atoms with E-state index >= 15 is 0 Å². The number of sulfonamides is 1. The lowest BCUT2D eigenvalue weighted by atomic mass is 9.96. The Morgan fingerprint density at radius 1 is 1.00 bits per heavy atom. The average Bonchev–Trinajstić information content (AvgIpc) is 2.84. The summed E-state index contributed by atoms with van der Waals surface area (Å²) in [5.41, 5.74) is 3.56. The molecule has 1 amide bonds. The SMILES string of the molecule is CNS(=O)(=O)c1cc(C(=O)N2CC=C(c3c(OC)cc(OC)cc3OC)CC2)cc(C)c1C. The van der Waals surface area contributed by atoms with Gasteiger partial charge in [-0.05, 0) is 56.1 Å². The van der Waals surface area contributed by atoms with Crippen molar-refractivity contribution in [2.24, 2.45) is 0 Å². The third kappa shape index (κ3) is 4.84. The van der Waals surface area contributed by atoms with Crippen LogP contribution in [0.2, 0.25) is 0 Å². The first kappa shape index (κ1) is 24.6. The Kier molecular flexibility index (Phi) is 7.34. The van der Waals surface area contributed by atoms with Crippen LogP contribution in [0.5, 0.6) is 17.2 Å². The van der Waals surface area contributed by atoms with Crippen molar-refractivity contribution in [3.63, 3.8) is 0 Å². The van der Waals surface area contributed by atoms with Crippen molar-refractivity contribution < 1.29 is 27.4 Å². The van der Waals surface area contributed by atoms with Gasteiger partial charge in [0.15, 0.2) is 0 Å². The highest BCUT2D eigenvalue weighted by Crippen LogP contribution is 2.41. The molecule has 8 nitrogen and oxygen atoms in total.